The molecule has 2 heterocycles. The predicted molar refractivity (Wildman–Crippen MR) is 78.8 cm³/mol. The van der Waals surface area contributed by atoms with E-state index >= 15 is 0 Å². The molecular formula is C13H17IN2O2. The molecule has 0 bridgehead atoms. The lowest BCUT2D eigenvalue weighted by Gasteiger charge is -2.26. The maximum absolute atomic E-state index is 12.2. The Morgan fingerprint density at radius 1 is 1.56 bits per heavy atom. The summed E-state index contributed by atoms with van der Waals surface area (Å²) in [6, 6.07) is 2.06. The van der Waals surface area contributed by atoms with Crippen molar-refractivity contribution in [2.75, 3.05) is 4.90 Å². The minimum Gasteiger partial charge on any atom is -0.443 e. The molecule has 0 unspecified atom stereocenters. The van der Waals surface area contributed by atoms with Gasteiger partial charge >= 0.3 is 6.09 Å². The van der Waals surface area contributed by atoms with E-state index in [1.165, 1.54) is 0 Å². The van der Waals surface area contributed by atoms with E-state index in [1.807, 2.05) is 33.8 Å². The second-order valence-corrected chi connectivity index (χ2v) is 6.66. The maximum atomic E-state index is 12.2. The number of amides is 1. The predicted octanol–water partition coefficient (Wildman–Crippen LogP) is 3.37. The lowest BCUT2D eigenvalue weighted by atomic mass is 10.2. The molecule has 1 aromatic rings. The van der Waals surface area contributed by atoms with Gasteiger partial charge in [0, 0.05) is 21.4 Å². The van der Waals surface area contributed by atoms with Crippen LogP contribution in [0.15, 0.2) is 12.3 Å². The van der Waals surface area contributed by atoms with E-state index in [9.17, 15) is 4.79 Å². The van der Waals surface area contributed by atoms with Crippen LogP contribution < -0.4 is 4.90 Å². The standard InChI is InChI=1S/C13H17IN2O2/c1-8-7-9-10(14)5-6-15-11(9)16(8)12(17)18-13(2,3)4/h5-6,8H,7H2,1-4H3/t8-/m0/s1. The molecule has 0 saturated heterocycles. The molecule has 4 nitrogen and oxygen atoms in total. The van der Waals surface area contributed by atoms with Gasteiger partial charge in [-0.3, -0.25) is 4.90 Å². The van der Waals surface area contributed by atoms with Crippen molar-refractivity contribution in [1.29, 1.82) is 0 Å². The van der Waals surface area contributed by atoms with Crippen LogP contribution >= 0.6 is 22.6 Å². The van der Waals surface area contributed by atoms with Gasteiger partial charge < -0.3 is 4.74 Å². The van der Waals surface area contributed by atoms with Gasteiger partial charge in [-0.2, -0.15) is 0 Å². The van der Waals surface area contributed by atoms with Crippen LogP contribution in [0.4, 0.5) is 10.6 Å². The van der Waals surface area contributed by atoms with Crippen LogP contribution in [0.3, 0.4) is 0 Å². The molecule has 1 aliphatic heterocycles. The van der Waals surface area contributed by atoms with Crippen molar-refractivity contribution in [3.05, 3.63) is 21.4 Å². The SMILES string of the molecule is C[C@H]1Cc2c(I)ccnc2N1C(=O)OC(C)(C)C. The first-order valence-corrected chi connectivity index (χ1v) is 7.03. The fraction of sp³-hybridized carbons (Fsp3) is 0.538. The number of fused-ring (bicyclic) bond motifs is 1. The van der Waals surface area contributed by atoms with E-state index in [0.717, 1.165) is 21.4 Å². The van der Waals surface area contributed by atoms with Gasteiger partial charge in [-0.05, 0) is 62.8 Å². The van der Waals surface area contributed by atoms with Crippen molar-refractivity contribution in [2.24, 2.45) is 0 Å². The van der Waals surface area contributed by atoms with Crippen LogP contribution in [-0.4, -0.2) is 22.7 Å². The smallest absolute Gasteiger partial charge is 0.416 e. The van der Waals surface area contributed by atoms with Gasteiger partial charge in [0.2, 0.25) is 0 Å². The minimum absolute atomic E-state index is 0.0956. The van der Waals surface area contributed by atoms with Gasteiger partial charge in [0.15, 0.2) is 0 Å². The Balaban J connectivity index is 2.31. The highest BCUT2D eigenvalue weighted by atomic mass is 127. The number of anilines is 1. The van der Waals surface area contributed by atoms with Crippen molar-refractivity contribution in [1.82, 2.24) is 4.98 Å². The number of rotatable bonds is 0. The average molecular weight is 360 g/mol. The van der Waals surface area contributed by atoms with Crippen molar-refractivity contribution in [3.8, 4) is 0 Å². The van der Waals surface area contributed by atoms with Gasteiger partial charge in [0.1, 0.15) is 11.4 Å². The molecule has 1 amide bonds. The third kappa shape index (κ3) is 2.60. The van der Waals surface area contributed by atoms with Crippen LogP contribution in [0.25, 0.3) is 0 Å². The molecule has 0 spiro atoms. The summed E-state index contributed by atoms with van der Waals surface area (Å²) >= 11 is 2.28. The van der Waals surface area contributed by atoms with Crippen LogP contribution in [0.5, 0.6) is 0 Å². The Kier molecular flexibility index (Phi) is 3.53. The Bertz CT molecular complexity index is 482. The normalized spacial score (nSPS) is 18.7. The molecule has 0 aromatic carbocycles. The zero-order chi connectivity index (χ0) is 13.5. The van der Waals surface area contributed by atoms with E-state index in [0.29, 0.717) is 0 Å². The summed E-state index contributed by atoms with van der Waals surface area (Å²) in [7, 11) is 0. The third-order valence-corrected chi connectivity index (χ3v) is 3.75. The molecule has 0 N–H and O–H groups in total. The van der Waals surface area contributed by atoms with E-state index in [4.69, 9.17) is 4.74 Å². The number of ether oxygens (including phenoxy) is 1. The number of pyridine rings is 1. The lowest BCUT2D eigenvalue weighted by Crippen LogP contribution is -2.40. The molecule has 0 saturated carbocycles. The Hall–Kier alpha value is -0.850. The highest BCUT2D eigenvalue weighted by molar-refractivity contribution is 14.1. The fourth-order valence-electron chi connectivity index (χ4n) is 2.03. The third-order valence-electron chi connectivity index (χ3n) is 2.73. The first kappa shape index (κ1) is 13.6. The average Bonchev–Trinajstić information content (AvgIpc) is 2.53. The number of aromatic nitrogens is 1. The van der Waals surface area contributed by atoms with Crippen LogP contribution in [0.1, 0.15) is 33.3 Å². The van der Waals surface area contributed by atoms with E-state index < -0.39 is 5.60 Å². The highest BCUT2D eigenvalue weighted by Crippen LogP contribution is 2.34. The van der Waals surface area contributed by atoms with Crippen molar-refractivity contribution >= 4 is 34.5 Å². The van der Waals surface area contributed by atoms with Crippen molar-refractivity contribution in [2.45, 2.75) is 45.8 Å². The number of hydrogen-bond donors (Lipinski definition) is 0. The monoisotopic (exact) mass is 360 g/mol. The van der Waals surface area contributed by atoms with Crippen LogP contribution in [0, 0.1) is 3.57 Å². The lowest BCUT2D eigenvalue weighted by molar-refractivity contribution is 0.0571. The van der Waals surface area contributed by atoms with Gasteiger partial charge in [-0.1, -0.05) is 0 Å². The number of nitrogens with zero attached hydrogens (tertiary/aromatic N) is 2. The summed E-state index contributed by atoms with van der Waals surface area (Å²) in [5.74, 6) is 0.739. The molecule has 98 valence electrons. The number of carbonyl (C=O) groups excluding carboxylic acids is 1. The Labute approximate surface area is 121 Å². The van der Waals surface area contributed by atoms with Gasteiger partial charge in [0.05, 0.1) is 0 Å². The molecule has 0 radical (unpaired) electrons. The summed E-state index contributed by atoms with van der Waals surface area (Å²) < 4.78 is 6.58. The van der Waals surface area contributed by atoms with Crippen LogP contribution in [-0.2, 0) is 11.2 Å². The molecule has 18 heavy (non-hydrogen) atoms. The molecule has 2 rings (SSSR count). The molecular weight excluding hydrogens is 343 g/mol. The van der Waals surface area contributed by atoms with Gasteiger partial charge in [-0.15, -0.1) is 0 Å². The summed E-state index contributed by atoms with van der Waals surface area (Å²) in [6.07, 6.45) is 2.25. The summed E-state index contributed by atoms with van der Waals surface area (Å²) in [5, 5.41) is 0. The van der Waals surface area contributed by atoms with E-state index in [2.05, 4.69) is 27.6 Å². The topological polar surface area (TPSA) is 42.4 Å². The van der Waals surface area contributed by atoms with Crippen LogP contribution in [0.2, 0.25) is 0 Å². The number of halogens is 1. The van der Waals surface area contributed by atoms with Gasteiger partial charge in [0.25, 0.3) is 0 Å². The number of carbonyl (C=O) groups is 1. The second-order valence-electron chi connectivity index (χ2n) is 5.50. The summed E-state index contributed by atoms with van der Waals surface area (Å²) in [5.41, 5.74) is 0.651. The molecule has 0 fully saturated rings. The maximum Gasteiger partial charge on any atom is 0.416 e. The summed E-state index contributed by atoms with van der Waals surface area (Å²) in [4.78, 5) is 18.2. The molecule has 1 aliphatic rings. The first-order valence-electron chi connectivity index (χ1n) is 5.95. The van der Waals surface area contributed by atoms with Crippen molar-refractivity contribution < 1.29 is 9.53 Å². The highest BCUT2D eigenvalue weighted by Gasteiger charge is 2.36. The Morgan fingerprint density at radius 2 is 2.22 bits per heavy atom. The molecule has 0 aliphatic carbocycles. The van der Waals surface area contributed by atoms with E-state index in [1.54, 1.807) is 11.1 Å². The first-order chi connectivity index (χ1) is 8.29. The minimum atomic E-state index is -0.485. The summed E-state index contributed by atoms with van der Waals surface area (Å²) in [6.45, 7) is 7.62. The second kappa shape index (κ2) is 4.68. The zero-order valence-electron chi connectivity index (χ0n) is 11.0. The quantitative estimate of drug-likeness (QED) is 0.667. The van der Waals surface area contributed by atoms with E-state index in [-0.39, 0.29) is 12.1 Å². The zero-order valence-corrected chi connectivity index (χ0v) is 13.2. The fourth-order valence-corrected chi connectivity index (χ4v) is 2.65. The molecule has 5 heteroatoms. The number of hydrogen-bond acceptors (Lipinski definition) is 3. The largest absolute Gasteiger partial charge is 0.443 e. The molecule has 1 atom stereocenters. The van der Waals surface area contributed by atoms with Crippen molar-refractivity contribution in [3.63, 3.8) is 0 Å². The van der Waals surface area contributed by atoms with Gasteiger partial charge in [-0.25, -0.2) is 9.78 Å². The Morgan fingerprint density at radius 3 is 2.83 bits per heavy atom. The molecule has 1 aromatic heterocycles.